The van der Waals surface area contributed by atoms with Crippen molar-refractivity contribution >= 4 is 16.8 Å². The molecule has 3 aromatic rings. The molecule has 0 bridgehead atoms. The molecule has 0 aliphatic carbocycles. The van der Waals surface area contributed by atoms with E-state index >= 15 is 0 Å². The summed E-state index contributed by atoms with van der Waals surface area (Å²) >= 11 is 0. The van der Waals surface area contributed by atoms with E-state index in [0.29, 0.717) is 24.7 Å². The highest BCUT2D eigenvalue weighted by Crippen LogP contribution is 2.34. The number of nitrogens with zero attached hydrogens (tertiary/aromatic N) is 2. The minimum Gasteiger partial charge on any atom is -0.351 e. The van der Waals surface area contributed by atoms with Gasteiger partial charge in [0.15, 0.2) is 0 Å². The van der Waals surface area contributed by atoms with Gasteiger partial charge in [0.25, 0.3) is 5.91 Å². The fraction of sp³-hybridized carbons (Fsp3) is 0.318. The summed E-state index contributed by atoms with van der Waals surface area (Å²) < 4.78 is 91.6. The first-order valence-corrected chi connectivity index (χ1v) is 9.99. The minimum absolute atomic E-state index is 0.0518. The summed E-state index contributed by atoms with van der Waals surface area (Å²) in [6.07, 6.45) is -9.18. The SMILES string of the molecule is O=C(c1cc2cc(C(F)(F)F)ccc2[nH]1)N1CCN(Cc2ccc(F)cc2C(F)(F)F)CC1. The van der Waals surface area contributed by atoms with Gasteiger partial charge in [-0.3, -0.25) is 9.69 Å². The molecule has 4 rings (SSSR count). The van der Waals surface area contributed by atoms with Crippen molar-refractivity contribution in [3.05, 3.63) is 70.7 Å². The molecular weight excluding hydrogens is 455 g/mol. The van der Waals surface area contributed by atoms with E-state index in [0.717, 1.165) is 24.3 Å². The van der Waals surface area contributed by atoms with E-state index in [9.17, 15) is 35.5 Å². The van der Waals surface area contributed by atoms with Crippen molar-refractivity contribution in [2.75, 3.05) is 26.2 Å². The Hall–Kier alpha value is -3.08. The lowest BCUT2D eigenvalue weighted by molar-refractivity contribution is -0.139. The largest absolute Gasteiger partial charge is 0.416 e. The van der Waals surface area contributed by atoms with Crippen LogP contribution in [0.25, 0.3) is 10.9 Å². The predicted octanol–water partition coefficient (Wildman–Crippen LogP) is 5.30. The normalized spacial score (nSPS) is 15.9. The first-order valence-electron chi connectivity index (χ1n) is 9.99. The van der Waals surface area contributed by atoms with Crippen LogP contribution < -0.4 is 0 Å². The number of amides is 1. The number of carbonyl (C=O) groups excluding carboxylic acids is 1. The third-order valence-corrected chi connectivity index (χ3v) is 5.61. The summed E-state index contributed by atoms with van der Waals surface area (Å²) in [6, 6.07) is 7.05. The van der Waals surface area contributed by atoms with Gasteiger partial charge in [-0.2, -0.15) is 26.3 Å². The minimum atomic E-state index is -4.68. The summed E-state index contributed by atoms with van der Waals surface area (Å²) in [4.78, 5) is 18.8. The number of nitrogens with one attached hydrogen (secondary N) is 1. The maximum absolute atomic E-state index is 13.3. The number of H-pyrrole nitrogens is 1. The van der Waals surface area contributed by atoms with Gasteiger partial charge in [0.2, 0.25) is 0 Å². The molecule has 0 saturated carbocycles. The molecule has 1 saturated heterocycles. The highest BCUT2D eigenvalue weighted by atomic mass is 19.4. The van der Waals surface area contributed by atoms with E-state index in [2.05, 4.69) is 4.98 Å². The quantitative estimate of drug-likeness (QED) is 0.525. The molecule has 1 amide bonds. The number of carbonyl (C=O) groups is 1. The topological polar surface area (TPSA) is 39.3 Å². The second kappa shape index (κ2) is 8.36. The molecule has 1 fully saturated rings. The number of rotatable bonds is 3. The molecule has 33 heavy (non-hydrogen) atoms. The second-order valence-corrected chi connectivity index (χ2v) is 7.85. The Kier molecular flexibility index (Phi) is 5.85. The van der Waals surface area contributed by atoms with Gasteiger partial charge in [0.05, 0.1) is 11.1 Å². The monoisotopic (exact) mass is 473 g/mol. The maximum atomic E-state index is 13.3. The molecule has 1 aliphatic rings. The van der Waals surface area contributed by atoms with Crippen molar-refractivity contribution in [1.29, 1.82) is 0 Å². The van der Waals surface area contributed by atoms with Crippen LogP contribution in [-0.2, 0) is 18.9 Å². The number of benzene rings is 2. The van der Waals surface area contributed by atoms with Crippen molar-refractivity contribution in [3.8, 4) is 0 Å². The zero-order chi connectivity index (χ0) is 24.0. The fourth-order valence-corrected chi connectivity index (χ4v) is 3.89. The third kappa shape index (κ3) is 4.97. The standard InChI is InChI=1S/C22H18F7N3O/c23-16-3-1-13(17(11-16)22(27,28)29)12-31-5-7-32(8-6-31)20(33)19-10-14-9-15(21(24,25)26)2-4-18(14)30-19/h1-4,9-11,30H,5-8,12H2. The average Bonchev–Trinajstić information content (AvgIpc) is 3.17. The maximum Gasteiger partial charge on any atom is 0.416 e. The van der Waals surface area contributed by atoms with Crippen LogP contribution in [0.3, 0.4) is 0 Å². The first-order chi connectivity index (χ1) is 15.4. The Labute approximate surface area is 183 Å². The Bertz CT molecular complexity index is 1170. The van der Waals surface area contributed by atoms with Crippen LogP contribution in [0.2, 0.25) is 0 Å². The molecule has 1 aliphatic heterocycles. The van der Waals surface area contributed by atoms with Gasteiger partial charge in [0, 0.05) is 43.6 Å². The first kappa shape index (κ1) is 23.1. The highest BCUT2D eigenvalue weighted by molar-refractivity contribution is 5.98. The summed E-state index contributed by atoms with van der Waals surface area (Å²) in [5.74, 6) is -1.38. The van der Waals surface area contributed by atoms with Crippen LogP contribution in [-0.4, -0.2) is 46.9 Å². The summed E-state index contributed by atoms with van der Waals surface area (Å²) in [5.41, 5.74) is -1.38. The van der Waals surface area contributed by atoms with Crippen LogP contribution in [0.4, 0.5) is 30.7 Å². The lowest BCUT2D eigenvalue weighted by Gasteiger charge is -2.35. The van der Waals surface area contributed by atoms with Crippen molar-refractivity contribution < 1.29 is 35.5 Å². The number of fused-ring (bicyclic) bond motifs is 1. The van der Waals surface area contributed by atoms with Gasteiger partial charge in [-0.25, -0.2) is 4.39 Å². The number of aromatic amines is 1. The molecule has 11 heteroatoms. The van der Waals surface area contributed by atoms with E-state index in [1.807, 2.05) is 0 Å². The molecule has 0 atom stereocenters. The van der Waals surface area contributed by atoms with Crippen molar-refractivity contribution in [2.45, 2.75) is 18.9 Å². The zero-order valence-corrected chi connectivity index (χ0v) is 17.0. The van der Waals surface area contributed by atoms with E-state index in [1.165, 1.54) is 17.0 Å². The molecule has 4 nitrogen and oxygen atoms in total. The van der Waals surface area contributed by atoms with Crippen LogP contribution in [0.5, 0.6) is 0 Å². The van der Waals surface area contributed by atoms with Crippen molar-refractivity contribution in [3.63, 3.8) is 0 Å². The molecule has 1 N–H and O–H groups in total. The van der Waals surface area contributed by atoms with Gasteiger partial charge in [-0.05, 0) is 42.0 Å². The molecule has 0 unspecified atom stereocenters. The van der Waals surface area contributed by atoms with Crippen LogP contribution in [0.1, 0.15) is 27.2 Å². The number of aromatic nitrogens is 1. The molecular formula is C22H18F7N3O. The Morgan fingerprint density at radius 1 is 0.879 bits per heavy atom. The average molecular weight is 473 g/mol. The third-order valence-electron chi connectivity index (χ3n) is 5.61. The van der Waals surface area contributed by atoms with Gasteiger partial charge >= 0.3 is 12.4 Å². The lowest BCUT2D eigenvalue weighted by Crippen LogP contribution is -2.48. The van der Waals surface area contributed by atoms with Crippen molar-refractivity contribution in [2.24, 2.45) is 0 Å². The van der Waals surface area contributed by atoms with Crippen molar-refractivity contribution in [1.82, 2.24) is 14.8 Å². The Morgan fingerprint density at radius 3 is 2.21 bits per heavy atom. The van der Waals surface area contributed by atoms with Gasteiger partial charge in [0.1, 0.15) is 11.5 Å². The summed E-state index contributed by atoms with van der Waals surface area (Å²) in [6.45, 7) is 0.983. The van der Waals surface area contributed by atoms with Crippen LogP contribution >= 0.6 is 0 Å². The van der Waals surface area contributed by atoms with Gasteiger partial charge in [-0.15, -0.1) is 0 Å². The summed E-state index contributed by atoms with van der Waals surface area (Å²) in [7, 11) is 0. The molecule has 1 aromatic heterocycles. The number of halogens is 7. The van der Waals surface area contributed by atoms with E-state index in [1.54, 1.807) is 4.90 Å². The number of alkyl halides is 6. The molecule has 176 valence electrons. The molecule has 2 aromatic carbocycles. The number of piperazine rings is 1. The summed E-state index contributed by atoms with van der Waals surface area (Å²) in [5, 5.41) is 0.253. The fourth-order valence-electron chi connectivity index (χ4n) is 3.89. The molecule has 0 spiro atoms. The highest BCUT2D eigenvalue weighted by Gasteiger charge is 2.35. The van der Waals surface area contributed by atoms with Crippen LogP contribution in [0.15, 0.2) is 42.5 Å². The zero-order valence-electron chi connectivity index (χ0n) is 17.0. The van der Waals surface area contributed by atoms with E-state index in [4.69, 9.17) is 0 Å². The van der Waals surface area contributed by atoms with Gasteiger partial charge < -0.3 is 9.88 Å². The Morgan fingerprint density at radius 2 is 1.58 bits per heavy atom. The van der Waals surface area contributed by atoms with E-state index in [-0.39, 0.29) is 36.3 Å². The van der Waals surface area contributed by atoms with Crippen LogP contribution in [0, 0.1) is 5.82 Å². The Balaban J connectivity index is 1.43. The van der Waals surface area contributed by atoms with Gasteiger partial charge in [-0.1, -0.05) is 6.07 Å². The smallest absolute Gasteiger partial charge is 0.351 e. The second-order valence-electron chi connectivity index (χ2n) is 7.85. The number of hydrogen-bond acceptors (Lipinski definition) is 2. The molecule has 0 radical (unpaired) electrons. The van der Waals surface area contributed by atoms with E-state index < -0.39 is 35.2 Å². The lowest BCUT2D eigenvalue weighted by atomic mass is 10.1. The predicted molar refractivity (Wildman–Crippen MR) is 106 cm³/mol. The molecule has 2 heterocycles. The number of hydrogen-bond donors (Lipinski definition) is 1.